The molecule has 0 fully saturated rings. The van der Waals surface area contributed by atoms with Crippen LogP contribution in [0.1, 0.15) is 0 Å². The summed E-state index contributed by atoms with van der Waals surface area (Å²) in [5.41, 5.74) is 0. The second-order valence-corrected chi connectivity index (χ2v) is 2.06. The van der Waals surface area contributed by atoms with Crippen LogP contribution in [0.25, 0.3) is 0 Å². The first-order valence-corrected chi connectivity index (χ1v) is 3.40. The van der Waals surface area contributed by atoms with E-state index in [0.717, 1.165) is 0 Å². The Labute approximate surface area is 69.8 Å². The molecule has 0 aliphatic heterocycles. The first-order valence-electron chi connectivity index (χ1n) is 3.40. The van der Waals surface area contributed by atoms with Crippen molar-refractivity contribution in [2.24, 2.45) is 0 Å². The normalized spacial score (nSPS) is 8.92. The van der Waals surface area contributed by atoms with Crippen LogP contribution in [0.4, 0.5) is 0 Å². The molecule has 0 bridgehead atoms. The van der Waals surface area contributed by atoms with E-state index in [9.17, 15) is 4.79 Å². The Bertz CT molecular complexity index is 285. The van der Waals surface area contributed by atoms with E-state index in [0.29, 0.717) is 13.1 Å². The number of terminal acetylenes is 1. The number of rotatable bonds is 3. The SMILES string of the molecule is C#CC(=O)NCCn1cncn1. The predicted molar refractivity (Wildman–Crippen MR) is 41.9 cm³/mol. The fourth-order valence-corrected chi connectivity index (χ4v) is 0.683. The van der Waals surface area contributed by atoms with Crippen LogP contribution in [0.15, 0.2) is 12.7 Å². The summed E-state index contributed by atoms with van der Waals surface area (Å²) in [6, 6.07) is 0. The number of nitrogens with one attached hydrogen (secondary N) is 1. The van der Waals surface area contributed by atoms with Gasteiger partial charge in [-0.2, -0.15) is 5.10 Å². The molecule has 1 rings (SSSR count). The van der Waals surface area contributed by atoms with Gasteiger partial charge in [0.2, 0.25) is 0 Å². The molecular formula is C7H8N4O. The monoisotopic (exact) mass is 164 g/mol. The maximum atomic E-state index is 10.5. The van der Waals surface area contributed by atoms with Gasteiger partial charge in [-0.15, -0.1) is 6.42 Å². The molecule has 0 radical (unpaired) electrons. The number of hydrogen-bond donors (Lipinski definition) is 1. The summed E-state index contributed by atoms with van der Waals surface area (Å²) in [7, 11) is 0. The van der Waals surface area contributed by atoms with Gasteiger partial charge in [0, 0.05) is 6.54 Å². The third-order valence-corrected chi connectivity index (χ3v) is 1.22. The number of hydrogen-bond acceptors (Lipinski definition) is 3. The van der Waals surface area contributed by atoms with E-state index in [1.54, 1.807) is 11.0 Å². The number of carbonyl (C=O) groups is 1. The lowest BCUT2D eigenvalue weighted by Gasteiger charge is -1.99. The third kappa shape index (κ3) is 2.42. The van der Waals surface area contributed by atoms with E-state index in [2.05, 4.69) is 15.4 Å². The Morgan fingerprint density at radius 3 is 3.17 bits per heavy atom. The van der Waals surface area contributed by atoms with Crippen molar-refractivity contribution in [2.45, 2.75) is 6.54 Å². The highest BCUT2D eigenvalue weighted by molar-refractivity contribution is 5.92. The molecule has 0 unspecified atom stereocenters. The van der Waals surface area contributed by atoms with Gasteiger partial charge in [-0.25, -0.2) is 4.98 Å². The van der Waals surface area contributed by atoms with E-state index < -0.39 is 5.91 Å². The second-order valence-electron chi connectivity index (χ2n) is 2.06. The van der Waals surface area contributed by atoms with Crippen LogP contribution < -0.4 is 5.32 Å². The van der Waals surface area contributed by atoms with Gasteiger partial charge in [0.05, 0.1) is 6.54 Å². The highest BCUT2D eigenvalue weighted by Crippen LogP contribution is 1.77. The van der Waals surface area contributed by atoms with E-state index >= 15 is 0 Å². The second kappa shape index (κ2) is 4.13. The van der Waals surface area contributed by atoms with Crippen molar-refractivity contribution >= 4 is 5.91 Å². The Morgan fingerprint density at radius 2 is 2.58 bits per heavy atom. The minimum absolute atomic E-state index is 0.407. The summed E-state index contributed by atoms with van der Waals surface area (Å²) >= 11 is 0. The molecule has 0 aliphatic carbocycles. The lowest BCUT2D eigenvalue weighted by atomic mass is 10.5. The Hall–Kier alpha value is -1.83. The van der Waals surface area contributed by atoms with Gasteiger partial charge in [0.25, 0.3) is 5.91 Å². The van der Waals surface area contributed by atoms with Crippen molar-refractivity contribution in [1.82, 2.24) is 20.1 Å². The number of aromatic nitrogens is 3. The molecule has 5 heteroatoms. The van der Waals surface area contributed by atoms with Crippen LogP contribution in [0.3, 0.4) is 0 Å². The molecule has 0 aliphatic rings. The summed E-state index contributed by atoms with van der Waals surface area (Å²) in [5, 5.41) is 6.35. The van der Waals surface area contributed by atoms with Crippen LogP contribution in [0.5, 0.6) is 0 Å². The van der Waals surface area contributed by atoms with E-state index in [1.165, 1.54) is 6.33 Å². The van der Waals surface area contributed by atoms with Gasteiger partial charge >= 0.3 is 0 Å². The minimum atomic E-state index is -0.407. The third-order valence-electron chi connectivity index (χ3n) is 1.22. The van der Waals surface area contributed by atoms with Crippen LogP contribution in [-0.2, 0) is 11.3 Å². The van der Waals surface area contributed by atoms with Gasteiger partial charge in [-0.1, -0.05) is 0 Å². The predicted octanol–water partition coefficient (Wildman–Crippen LogP) is -0.973. The summed E-state index contributed by atoms with van der Waals surface area (Å²) < 4.78 is 1.61. The van der Waals surface area contributed by atoms with Gasteiger partial charge in [-0.3, -0.25) is 9.48 Å². The molecule has 0 spiro atoms. The maximum Gasteiger partial charge on any atom is 0.295 e. The van der Waals surface area contributed by atoms with Crippen LogP contribution in [-0.4, -0.2) is 27.2 Å². The van der Waals surface area contributed by atoms with Gasteiger partial charge in [-0.05, 0) is 5.92 Å². The summed E-state index contributed by atoms with van der Waals surface area (Å²) in [5.74, 6) is 1.54. The van der Waals surface area contributed by atoms with Crippen molar-refractivity contribution in [3.63, 3.8) is 0 Å². The molecule has 5 nitrogen and oxygen atoms in total. The molecule has 1 aromatic heterocycles. The lowest BCUT2D eigenvalue weighted by Crippen LogP contribution is -2.25. The number of carbonyl (C=O) groups excluding carboxylic acids is 1. The van der Waals surface area contributed by atoms with E-state index in [4.69, 9.17) is 6.42 Å². The molecule has 1 N–H and O–H groups in total. The van der Waals surface area contributed by atoms with Crippen molar-refractivity contribution in [1.29, 1.82) is 0 Å². The minimum Gasteiger partial charge on any atom is -0.343 e. The highest BCUT2D eigenvalue weighted by atomic mass is 16.1. The van der Waals surface area contributed by atoms with Gasteiger partial charge < -0.3 is 5.32 Å². The average Bonchev–Trinajstić information content (AvgIpc) is 2.57. The molecular weight excluding hydrogens is 156 g/mol. The molecule has 0 atom stereocenters. The Kier molecular flexibility index (Phi) is 2.85. The Balaban J connectivity index is 2.20. The van der Waals surface area contributed by atoms with Crippen molar-refractivity contribution in [3.05, 3.63) is 12.7 Å². The maximum absolute atomic E-state index is 10.5. The van der Waals surface area contributed by atoms with Gasteiger partial charge in [0.1, 0.15) is 12.7 Å². The average molecular weight is 164 g/mol. The van der Waals surface area contributed by atoms with Crippen LogP contribution in [0.2, 0.25) is 0 Å². The van der Waals surface area contributed by atoms with Crippen LogP contribution >= 0.6 is 0 Å². The quantitative estimate of drug-likeness (QED) is 0.584. The zero-order chi connectivity index (χ0) is 8.81. The molecule has 0 aromatic carbocycles. The molecule has 1 heterocycles. The smallest absolute Gasteiger partial charge is 0.295 e. The van der Waals surface area contributed by atoms with Gasteiger partial charge in [0.15, 0.2) is 0 Å². The first kappa shape index (κ1) is 8.27. The Morgan fingerprint density at radius 1 is 1.75 bits per heavy atom. The number of amides is 1. The number of nitrogens with zero attached hydrogens (tertiary/aromatic N) is 3. The summed E-state index contributed by atoms with van der Waals surface area (Å²) in [6.45, 7) is 1.04. The zero-order valence-electron chi connectivity index (χ0n) is 6.40. The zero-order valence-corrected chi connectivity index (χ0v) is 6.40. The van der Waals surface area contributed by atoms with Crippen molar-refractivity contribution in [2.75, 3.05) is 6.54 Å². The fraction of sp³-hybridized carbons (Fsp3) is 0.286. The van der Waals surface area contributed by atoms with Crippen molar-refractivity contribution < 1.29 is 4.79 Å². The standard InChI is InChI=1S/C7H8N4O/c1-2-7(12)9-3-4-11-6-8-5-10-11/h1,5-6H,3-4H2,(H,9,12). The van der Waals surface area contributed by atoms with Crippen LogP contribution in [0, 0.1) is 12.3 Å². The van der Waals surface area contributed by atoms with Crippen molar-refractivity contribution in [3.8, 4) is 12.3 Å². The van der Waals surface area contributed by atoms with E-state index in [1.807, 2.05) is 5.92 Å². The first-order chi connectivity index (χ1) is 5.83. The molecule has 0 saturated carbocycles. The largest absolute Gasteiger partial charge is 0.343 e. The fourth-order valence-electron chi connectivity index (χ4n) is 0.683. The highest BCUT2D eigenvalue weighted by Gasteiger charge is 1.93. The lowest BCUT2D eigenvalue weighted by molar-refractivity contribution is -0.115. The summed E-state index contributed by atoms with van der Waals surface area (Å²) in [4.78, 5) is 14.3. The van der Waals surface area contributed by atoms with E-state index in [-0.39, 0.29) is 0 Å². The summed E-state index contributed by atoms with van der Waals surface area (Å²) in [6.07, 6.45) is 7.84. The molecule has 62 valence electrons. The topological polar surface area (TPSA) is 59.8 Å². The molecule has 0 saturated heterocycles. The molecule has 1 aromatic rings. The molecule has 12 heavy (non-hydrogen) atoms. The molecule has 1 amide bonds.